The molecule has 2 aromatic rings. The van der Waals surface area contributed by atoms with Gasteiger partial charge in [-0.3, -0.25) is 4.79 Å². The van der Waals surface area contributed by atoms with Gasteiger partial charge in [-0.2, -0.15) is 0 Å². The first-order chi connectivity index (χ1) is 10.1. The van der Waals surface area contributed by atoms with Gasteiger partial charge in [0.25, 0.3) is 0 Å². The number of aromatic nitrogens is 1. The summed E-state index contributed by atoms with van der Waals surface area (Å²) in [6, 6.07) is 8.02. The number of hydrogen-bond acceptors (Lipinski definition) is 5. The highest BCUT2D eigenvalue weighted by Gasteiger charge is 2.10. The zero-order valence-corrected chi connectivity index (χ0v) is 13.3. The minimum absolute atomic E-state index is 0.204. The van der Waals surface area contributed by atoms with E-state index >= 15 is 0 Å². The summed E-state index contributed by atoms with van der Waals surface area (Å²) >= 11 is 1.49. The molecular formula is C16H19NO3S. The number of carbonyl (C=O) groups is 1. The van der Waals surface area contributed by atoms with Gasteiger partial charge in [0.15, 0.2) is 0 Å². The Morgan fingerprint density at radius 1 is 1.33 bits per heavy atom. The van der Waals surface area contributed by atoms with E-state index in [0.29, 0.717) is 12.5 Å². The monoisotopic (exact) mass is 305 g/mol. The van der Waals surface area contributed by atoms with Crippen molar-refractivity contribution in [2.75, 3.05) is 7.11 Å². The van der Waals surface area contributed by atoms with E-state index in [1.165, 1.54) is 24.0 Å². The highest BCUT2D eigenvalue weighted by molar-refractivity contribution is 7.09. The quantitative estimate of drug-likeness (QED) is 0.766. The van der Waals surface area contributed by atoms with E-state index in [-0.39, 0.29) is 12.4 Å². The Balaban J connectivity index is 1.99. The molecule has 0 atom stereocenters. The topological polar surface area (TPSA) is 48.4 Å². The van der Waals surface area contributed by atoms with Crippen molar-refractivity contribution in [3.05, 3.63) is 45.9 Å². The largest absolute Gasteiger partial charge is 0.486 e. The van der Waals surface area contributed by atoms with Gasteiger partial charge in [0.2, 0.25) is 0 Å². The number of hydrogen-bond donors (Lipinski definition) is 0. The van der Waals surface area contributed by atoms with E-state index in [1.807, 2.05) is 23.6 Å². The molecule has 0 saturated heterocycles. The Hall–Kier alpha value is -1.88. The SMILES string of the molecule is COC(=O)Cc1csc(COc2ccccc2C(C)C)n1. The third kappa shape index (κ3) is 4.29. The average molecular weight is 305 g/mol. The number of methoxy groups -OCH3 is 1. The molecule has 1 heterocycles. The number of benzene rings is 1. The van der Waals surface area contributed by atoms with Crippen molar-refractivity contribution in [3.8, 4) is 5.75 Å². The summed E-state index contributed by atoms with van der Waals surface area (Å²) in [5.74, 6) is 1.02. The van der Waals surface area contributed by atoms with Crippen LogP contribution >= 0.6 is 11.3 Å². The molecule has 1 aromatic heterocycles. The Bertz CT molecular complexity index is 607. The molecule has 0 N–H and O–H groups in total. The third-order valence-corrected chi connectivity index (χ3v) is 3.92. The van der Waals surface area contributed by atoms with Gasteiger partial charge < -0.3 is 9.47 Å². The lowest BCUT2D eigenvalue weighted by molar-refractivity contribution is -0.139. The first kappa shape index (κ1) is 15.5. The molecule has 0 unspecified atom stereocenters. The predicted molar refractivity (Wildman–Crippen MR) is 82.7 cm³/mol. The van der Waals surface area contributed by atoms with Crippen LogP contribution in [0.5, 0.6) is 5.75 Å². The highest BCUT2D eigenvalue weighted by atomic mass is 32.1. The van der Waals surface area contributed by atoms with Crippen LogP contribution < -0.4 is 4.74 Å². The molecule has 0 radical (unpaired) electrons. The smallest absolute Gasteiger partial charge is 0.311 e. The second kappa shape index (κ2) is 7.22. The summed E-state index contributed by atoms with van der Waals surface area (Å²) in [5, 5.41) is 2.72. The van der Waals surface area contributed by atoms with Crippen molar-refractivity contribution < 1.29 is 14.3 Å². The summed E-state index contributed by atoms with van der Waals surface area (Å²) < 4.78 is 10.5. The van der Waals surface area contributed by atoms with E-state index in [1.54, 1.807) is 0 Å². The molecule has 0 spiro atoms. The highest BCUT2D eigenvalue weighted by Crippen LogP contribution is 2.26. The van der Waals surface area contributed by atoms with Crippen LogP contribution in [0, 0.1) is 0 Å². The van der Waals surface area contributed by atoms with Crippen molar-refractivity contribution in [1.82, 2.24) is 4.98 Å². The summed E-state index contributed by atoms with van der Waals surface area (Å²) in [6.07, 6.45) is 0.204. The van der Waals surface area contributed by atoms with E-state index in [9.17, 15) is 4.79 Å². The normalized spacial score (nSPS) is 10.7. The van der Waals surface area contributed by atoms with Gasteiger partial charge in [-0.25, -0.2) is 4.98 Å². The van der Waals surface area contributed by atoms with Crippen molar-refractivity contribution in [1.29, 1.82) is 0 Å². The maximum atomic E-state index is 11.2. The zero-order chi connectivity index (χ0) is 15.2. The van der Waals surface area contributed by atoms with Gasteiger partial charge >= 0.3 is 5.97 Å². The molecule has 21 heavy (non-hydrogen) atoms. The number of nitrogens with zero attached hydrogens (tertiary/aromatic N) is 1. The second-order valence-electron chi connectivity index (χ2n) is 4.97. The van der Waals surface area contributed by atoms with Crippen LogP contribution in [0.2, 0.25) is 0 Å². The lowest BCUT2D eigenvalue weighted by atomic mass is 10.0. The van der Waals surface area contributed by atoms with Crippen molar-refractivity contribution >= 4 is 17.3 Å². The lowest BCUT2D eigenvalue weighted by Gasteiger charge is -2.12. The molecule has 0 fully saturated rings. The molecule has 0 aliphatic carbocycles. The van der Waals surface area contributed by atoms with Crippen LogP contribution in [0.3, 0.4) is 0 Å². The molecule has 0 aliphatic heterocycles. The number of thiazole rings is 1. The lowest BCUT2D eigenvalue weighted by Crippen LogP contribution is -2.05. The van der Waals surface area contributed by atoms with Crippen LogP contribution in [-0.4, -0.2) is 18.1 Å². The van der Waals surface area contributed by atoms with Crippen LogP contribution in [-0.2, 0) is 22.6 Å². The van der Waals surface area contributed by atoms with Gasteiger partial charge in [0, 0.05) is 5.38 Å². The first-order valence-electron chi connectivity index (χ1n) is 6.82. The number of rotatable bonds is 6. The molecule has 4 nitrogen and oxygen atoms in total. The summed E-state index contributed by atoms with van der Waals surface area (Å²) in [7, 11) is 1.38. The number of para-hydroxylation sites is 1. The minimum Gasteiger partial charge on any atom is -0.486 e. The Morgan fingerprint density at radius 3 is 2.81 bits per heavy atom. The standard InChI is InChI=1S/C16H19NO3S/c1-11(2)13-6-4-5-7-14(13)20-9-15-17-12(10-21-15)8-16(18)19-3/h4-7,10-11H,8-9H2,1-3H3. The zero-order valence-electron chi connectivity index (χ0n) is 12.5. The molecule has 5 heteroatoms. The molecule has 0 amide bonds. The fourth-order valence-corrected chi connectivity index (χ4v) is 2.65. The van der Waals surface area contributed by atoms with Crippen molar-refractivity contribution in [3.63, 3.8) is 0 Å². The summed E-state index contributed by atoms with van der Waals surface area (Å²) in [4.78, 5) is 15.6. The Kier molecular flexibility index (Phi) is 5.33. The molecule has 1 aromatic carbocycles. The molecule has 2 rings (SSSR count). The Labute approximate surface area is 128 Å². The van der Waals surface area contributed by atoms with Crippen LogP contribution in [0.4, 0.5) is 0 Å². The maximum absolute atomic E-state index is 11.2. The van der Waals surface area contributed by atoms with Crippen LogP contribution in [0.25, 0.3) is 0 Å². The fourth-order valence-electron chi connectivity index (χ4n) is 1.94. The predicted octanol–water partition coefficient (Wildman–Crippen LogP) is 3.56. The molecule has 0 bridgehead atoms. The number of ether oxygens (including phenoxy) is 2. The molecule has 0 aliphatic rings. The third-order valence-electron chi connectivity index (χ3n) is 3.04. The van der Waals surface area contributed by atoms with Crippen molar-refractivity contribution in [2.45, 2.75) is 32.8 Å². The Morgan fingerprint density at radius 2 is 2.10 bits per heavy atom. The minimum atomic E-state index is -0.280. The van der Waals surface area contributed by atoms with Crippen LogP contribution in [0.1, 0.15) is 36.0 Å². The van der Waals surface area contributed by atoms with Gasteiger partial charge in [0.1, 0.15) is 17.4 Å². The second-order valence-corrected chi connectivity index (χ2v) is 5.91. The van der Waals surface area contributed by atoms with E-state index in [2.05, 4.69) is 29.6 Å². The average Bonchev–Trinajstić information content (AvgIpc) is 2.92. The number of esters is 1. The van der Waals surface area contributed by atoms with Gasteiger partial charge in [0.05, 0.1) is 19.2 Å². The first-order valence-corrected chi connectivity index (χ1v) is 7.70. The maximum Gasteiger partial charge on any atom is 0.311 e. The van der Waals surface area contributed by atoms with Crippen LogP contribution in [0.15, 0.2) is 29.6 Å². The van der Waals surface area contributed by atoms with Gasteiger partial charge in [-0.15, -0.1) is 11.3 Å². The number of carbonyl (C=O) groups excluding carboxylic acids is 1. The van der Waals surface area contributed by atoms with E-state index in [0.717, 1.165) is 16.5 Å². The summed E-state index contributed by atoms with van der Waals surface area (Å²) in [5.41, 5.74) is 1.91. The fraction of sp³-hybridized carbons (Fsp3) is 0.375. The van der Waals surface area contributed by atoms with Crippen molar-refractivity contribution in [2.24, 2.45) is 0 Å². The van der Waals surface area contributed by atoms with Gasteiger partial charge in [-0.05, 0) is 17.5 Å². The molecular weight excluding hydrogens is 286 g/mol. The molecule has 112 valence electrons. The summed E-state index contributed by atoms with van der Waals surface area (Å²) in [6.45, 7) is 4.69. The van der Waals surface area contributed by atoms with E-state index in [4.69, 9.17) is 4.74 Å². The van der Waals surface area contributed by atoms with E-state index < -0.39 is 0 Å². The van der Waals surface area contributed by atoms with Gasteiger partial charge in [-0.1, -0.05) is 32.0 Å². The molecule has 0 saturated carbocycles.